The summed E-state index contributed by atoms with van der Waals surface area (Å²) in [7, 11) is 1.94. The molecule has 1 saturated heterocycles. The van der Waals surface area contributed by atoms with Crippen LogP contribution < -0.4 is 10.6 Å². The van der Waals surface area contributed by atoms with Crippen molar-refractivity contribution < 1.29 is 15.0 Å². The molecule has 2 fully saturated rings. The van der Waals surface area contributed by atoms with E-state index in [1.165, 1.54) is 32.1 Å². The molecule has 0 spiro atoms. The quantitative estimate of drug-likeness (QED) is 0.276. The Balaban J connectivity index is 1.68. The van der Waals surface area contributed by atoms with Crippen LogP contribution in [0.25, 0.3) is 0 Å². The molecule has 1 heterocycles. The highest BCUT2D eigenvalue weighted by Gasteiger charge is 2.41. The number of hydrogen-bond acceptors (Lipinski definition) is 4. The third-order valence-electron chi connectivity index (χ3n) is 8.26. The van der Waals surface area contributed by atoms with Gasteiger partial charge in [0.05, 0.1) is 11.7 Å². The van der Waals surface area contributed by atoms with Gasteiger partial charge in [-0.25, -0.2) is 4.79 Å². The van der Waals surface area contributed by atoms with Crippen LogP contribution in [0.2, 0.25) is 5.02 Å². The number of likely N-dealkylation sites (N-methyl/N-ethyl adjacent to an activating group) is 1. The van der Waals surface area contributed by atoms with Crippen molar-refractivity contribution in [1.29, 1.82) is 0 Å². The number of halogens is 1. The summed E-state index contributed by atoms with van der Waals surface area (Å²) in [6, 6.07) is 7.64. The van der Waals surface area contributed by atoms with Crippen LogP contribution in [0.1, 0.15) is 89.5 Å². The van der Waals surface area contributed by atoms with E-state index in [9.17, 15) is 15.0 Å². The predicted molar refractivity (Wildman–Crippen MR) is 147 cm³/mol. The molecule has 0 aromatic heterocycles. The van der Waals surface area contributed by atoms with Gasteiger partial charge < -0.3 is 25.7 Å². The zero-order valence-electron chi connectivity index (χ0n) is 22.4. The van der Waals surface area contributed by atoms with E-state index in [1.54, 1.807) is 6.92 Å². The molecule has 3 rings (SSSR count). The first-order valence-corrected chi connectivity index (χ1v) is 14.6. The highest BCUT2D eigenvalue weighted by atomic mass is 35.5. The van der Waals surface area contributed by atoms with Gasteiger partial charge in [0.15, 0.2) is 0 Å². The van der Waals surface area contributed by atoms with E-state index in [1.807, 2.05) is 36.2 Å². The summed E-state index contributed by atoms with van der Waals surface area (Å²) in [6.45, 7) is 3.82. The van der Waals surface area contributed by atoms with Crippen LogP contribution >= 0.6 is 11.6 Å². The van der Waals surface area contributed by atoms with Crippen LogP contribution in [-0.2, 0) is 5.60 Å². The molecule has 2 aliphatic rings. The molecule has 1 saturated carbocycles. The molecule has 1 aliphatic heterocycles. The number of likely N-dealkylation sites (tertiary alicyclic amines) is 1. The first-order chi connectivity index (χ1) is 17.3. The minimum atomic E-state index is -1.06. The van der Waals surface area contributed by atoms with Crippen molar-refractivity contribution in [3.63, 3.8) is 0 Å². The fourth-order valence-electron chi connectivity index (χ4n) is 6.26. The fraction of sp³-hybridized carbons (Fsp3) is 0.759. The topological polar surface area (TPSA) is 84.8 Å². The lowest BCUT2D eigenvalue weighted by atomic mass is 9.74. The second-order valence-corrected chi connectivity index (χ2v) is 11.7. The Hall–Kier alpha value is -1.34. The van der Waals surface area contributed by atoms with Gasteiger partial charge in [0.1, 0.15) is 0 Å². The summed E-state index contributed by atoms with van der Waals surface area (Å²) < 4.78 is 0. The van der Waals surface area contributed by atoms with E-state index in [-0.39, 0.29) is 24.1 Å². The Morgan fingerprint density at radius 3 is 2.67 bits per heavy atom. The standard InChI is InChI=1S/C29H48ClN3O3/c1-22(34)10-6-7-16-29(36,24-13-8-15-26(30)19-24)25-14-9-17-33(21-25)28(35)32-27(20-31-2)18-23-11-4-3-5-12-23/h8,13,15,19,22-23,25,27,31,34,36H,3-7,9-12,14,16-18,20-21H2,1-2H3,(H,32,35)/t22?,25-,27?,29-/m1/s1. The van der Waals surface area contributed by atoms with Gasteiger partial charge in [-0.3, -0.25) is 0 Å². The van der Waals surface area contributed by atoms with Crippen LogP contribution in [0.5, 0.6) is 0 Å². The number of aliphatic hydroxyl groups excluding tert-OH is 1. The van der Waals surface area contributed by atoms with E-state index in [4.69, 9.17) is 11.6 Å². The van der Waals surface area contributed by atoms with Gasteiger partial charge in [-0.05, 0) is 69.7 Å². The van der Waals surface area contributed by atoms with Gasteiger partial charge in [-0.2, -0.15) is 0 Å². The third kappa shape index (κ3) is 8.61. The second kappa shape index (κ2) is 14.6. The number of carbonyl (C=O) groups is 1. The summed E-state index contributed by atoms with van der Waals surface area (Å²) in [5.74, 6) is 0.629. The molecule has 2 unspecified atom stereocenters. The number of unbranched alkanes of at least 4 members (excludes halogenated alkanes) is 1. The lowest BCUT2D eigenvalue weighted by Gasteiger charge is -2.43. The van der Waals surface area contributed by atoms with Crippen molar-refractivity contribution in [2.75, 3.05) is 26.7 Å². The lowest BCUT2D eigenvalue weighted by Crippen LogP contribution is -2.54. The predicted octanol–water partition coefficient (Wildman–Crippen LogP) is 5.45. The third-order valence-corrected chi connectivity index (χ3v) is 8.49. The number of benzene rings is 1. The average molecular weight is 522 g/mol. The molecule has 204 valence electrons. The minimum absolute atomic E-state index is 0.0155. The first kappa shape index (κ1) is 29.2. The van der Waals surface area contributed by atoms with E-state index in [0.717, 1.165) is 50.6 Å². The summed E-state index contributed by atoms with van der Waals surface area (Å²) in [6.07, 6.45) is 11.9. The number of hydrogen-bond donors (Lipinski definition) is 4. The molecule has 6 nitrogen and oxygen atoms in total. The average Bonchev–Trinajstić information content (AvgIpc) is 2.87. The Kier molecular flexibility index (Phi) is 11.8. The van der Waals surface area contributed by atoms with Crippen LogP contribution in [0.15, 0.2) is 24.3 Å². The molecule has 1 aromatic carbocycles. The van der Waals surface area contributed by atoms with Gasteiger partial charge >= 0.3 is 6.03 Å². The molecule has 4 N–H and O–H groups in total. The van der Waals surface area contributed by atoms with Crippen LogP contribution in [0, 0.1) is 11.8 Å². The maximum Gasteiger partial charge on any atom is 0.317 e. The van der Waals surface area contributed by atoms with Gasteiger partial charge in [0.2, 0.25) is 0 Å². The summed E-state index contributed by atoms with van der Waals surface area (Å²) in [4.78, 5) is 15.3. The number of carbonyl (C=O) groups excluding carboxylic acids is 1. The van der Waals surface area contributed by atoms with E-state index < -0.39 is 5.60 Å². The molecular weight excluding hydrogens is 474 g/mol. The first-order valence-electron chi connectivity index (χ1n) is 14.2. The summed E-state index contributed by atoms with van der Waals surface area (Å²) >= 11 is 6.31. The molecule has 36 heavy (non-hydrogen) atoms. The molecule has 2 amide bonds. The molecule has 4 atom stereocenters. The molecule has 1 aromatic rings. The molecular formula is C29H48ClN3O3. The smallest absolute Gasteiger partial charge is 0.317 e. The van der Waals surface area contributed by atoms with Crippen LogP contribution in [0.3, 0.4) is 0 Å². The normalized spacial score (nSPS) is 22.6. The molecule has 1 aliphatic carbocycles. The largest absolute Gasteiger partial charge is 0.393 e. The van der Waals surface area contributed by atoms with E-state index in [0.29, 0.717) is 30.5 Å². The Labute approximate surface area is 223 Å². The van der Waals surface area contributed by atoms with Crippen LogP contribution in [-0.4, -0.2) is 60.0 Å². The van der Waals surface area contributed by atoms with Gasteiger partial charge in [0, 0.05) is 36.6 Å². The zero-order valence-corrected chi connectivity index (χ0v) is 23.1. The van der Waals surface area contributed by atoms with Crippen molar-refractivity contribution in [2.45, 2.75) is 102 Å². The van der Waals surface area contributed by atoms with Crippen LogP contribution in [0.4, 0.5) is 4.79 Å². The van der Waals surface area contributed by atoms with Crippen molar-refractivity contribution in [1.82, 2.24) is 15.5 Å². The van der Waals surface area contributed by atoms with E-state index >= 15 is 0 Å². The fourth-order valence-corrected chi connectivity index (χ4v) is 6.45. The summed E-state index contributed by atoms with van der Waals surface area (Å²) in [5, 5.41) is 28.9. The number of aliphatic hydroxyl groups is 2. The van der Waals surface area contributed by atoms with Gasteiger partial charge in [-0.15, -0.1) is 0 Å². The van der Waals surface area contributed by atoms with Crippen molar-refractivity contribution >= 4 is 17.6 Å². The second-order valence-electron chi connectivity index (χ2n) is 11.3. The number of piperidine rings is 1. The van der Waals surface area contributed by atoms with Crippen molar-refractivity contribution in [3.05, 3.63) is 34.9 Å². The molecule has 7 heteroatoms. The maximum atomic E-state index is 13.4. The number of urea groups is 1. The SMILES string of the molecule is CNCC(CC1CCCCC1)NC(=O)N1CCC[C@@H]([C@@](O)(CCCCC(C)O)c2cccc(Cl)c2)C1. The van der Waals surface area contributed by atoms with E-state index in [2.05, 4.69) is 10.6 Å². The summed E-state index contributed by atoms with van der Waals surface area (Å²) in [5.41, 5.74) is -0.237. The van der Waals surface area contributed by atoms with Gasteiger partial charge in [0.25, 0.3) is 0 Å². The minimum Gasteiger partial charge on any atom is -0.393 e. The molecule has 0 radical (unpaired) electrons. The molecule has 0 bridgehead atoms. The number of rotatable bonds is 12. The number of nitrogens with one attached hydrogen (secondary N) is 2. The highest BCUT2D eigenvalue weighted by molar-refractivity contribution is 6.30. The Morgan fingerprint density at radius 1 is 1.19 bits per heavy atom. The van der Waals surface area contributed by atoms with Gasteiger partial charge in [-0.1, -0.05) is 68.7 Å². The maximum absolute atomic E-state index is 13.4. The zero-order chi connectivity index (χ0) is 26.0. The Morgan fingerprint density at radius 2 is 1.97 bits per heavy atom. The van der Waals surface area contributed by atoms with Crippen molar-refractivity contribution in [2.24, 2.45) is 11.8 Å². The Bertz CT molecular complexity index is 802. The number of nitrogens with zero attached hydrogens (tertiary/aromatic N) is 1. The highest BCUT2D eigenvalue weighted by Crippen LogP contribution is 2.40. The van der Waals surface area contributed by atoms with Crippen molar-refractivity contribution in [3.8, 4) is 0 Å². The lowest BCUT2D eigenvalue weighted by molar-refractivity contribution is -0.0561. The number of amides is 2. The monoisotopic (exact) mass is 521 g/mol.